The molecule has 33 heavy (non-hydrogen) atoms. The van der Waals surface area contributed by atoms with Crippen LogP contribution in [0.5, 0.6) is 0 Å². The molecular formula is C25H34N4O3S. The second-order valence-corrected chi connectivity index (χ2v) is 11.2. The summed E-state index contributed by atoms with van der Waals surface area (Å²) in [6.45, 7) is 8.78. The molecule has 2 aromatic rings. The van der Waals surface area contributed by atoms with Crippen molar-refractivity contribution in [2.75, 3.05) is 56.5 Å². The Morgan fingerprint density at radius 2 is 1.55 bits per heavy atom. The molecule has 0 spiro atoms. The molecule has 0 saturated carbocycles. The van der Waals surface area contributed by atoms with E-state index in [2.05, 4.69) is 34.3 Å². The number of hydrogen-bond acceptors (Lipinski definition) is 5. The summed E-state index contributed by atoms with van der Waals surface area (Å²) in [5.41, 5.74) is 4.08. The van der Waals surface area contributed by atoms with Crippen LogP contribution in [0.1, 0.15) is 24.0 Å². The molecule has 2 saturated heterocycles. The molecule has 0 unspecified atom stereocenters. The van der Waals surface area contributed by atoms with E-state index in [-0.39, 0.29) is 11.8 Å². The number of amides is 1. The number of piperidine rings is 1. The van der Waals surface area contributed by atoms with E-state index in [1.54, 1.807) is 12.1 Å². The third-order valence-corrected chi connectivity index (χ3v) is 8.73. The minimum absolute atomic E-state index is 0.0298. The second-order valence-electron chi connectivity index (χ2n) is 9.27. The second kappa shape index (κ2) is 9.83. The van der Waals surface area contributed by atoms with Crippen molar-refractivity contribution in [1.82, 2.24) is 9.21 Å². The Balaban J connectivity index is 1.34. The minimum Gasteiger partial charge on any atom is -0.369 e. The van der Waals surface area contributed by atoms with Gasteiger partial charge in [0.15, 0.2) is 0 Å². The molecule has 0 bridgehead atoms. The molecule has 0 radical (unpaired) electrons. The molecule has 2 fully saturated rings. The maximum atomic E-state index is 12.9. The summed E-state index contributed by atoms with van der Waals surface area (Å²) in [6.07, 6.45) is 1.05. The van der Waals surface area contributed by atoms with Crippen LogP contribution in [0.25, 0.3) is 0 Å². The van der Waals surface area contributed by atoms with Crippen LogP contribution in [0.15, 0.2) is 47.4 Å². The van der Waals surface area contributed by atoms with Crippen LogP contribution >= 0.6 is 0 Å². The van der Waals surface area contributed by atoms with Gasteiger partial charge in [-0.2, -0.15) is 4.31 Å². The first-order valence-corrected chi connectivity index (χ1v) is 13.1. The third-order valence-electron chi connectivity index (χ3n) is 6.82. The molecule has 2 heterocycles. The third kappa shape index (κ3) is 5.39. The van der Waals surface area contributed by atoms with Gasteiger partial charge in [0.25, 0.3) is 0 Å². The molecule has 8 heteroatoms. The first-order chi connectivity index (χ1) is 15.7. The lowest BCUT2D eigenvalue weighted by Crippen LogP contribution is -2.44. The van der Waals surface area contributed by atoms with Crippen LogP contribution in [0.3, 0.4) is 0 Å². The van der Waals surface area contributed by atoms with Crippen molar-refractivity contribution < 1.29 is 13.2 Å². The van der Waals surface area contributed by atoms with Gasteiger partial charge in [0.2, 0.25) is 15.9 Å². The summed E-state index contributed by atoms with van der Waals surface area (Å²) >= 11 is 0. The Bertz CT molecular complexity index is 1090. The molecule has 1 amide bonds. The lowest BCUT2D eigenvalue weighted by atomic mass is 9.97. The fourth-order valence-corrected chi connectivity index (χ4v) is 5.97. The van der Waals surface area contributed by atoms with Crippen molar-refractivity contribution in [2.24, 2.45) is 5.92 Å². The van der Waals surface area contributed by atoms with Gasteiger partial charge in [0.1, 0.15) is 0 Å². The van der Waals surface area contributed by atoms with Gasteiger partial charge in [-0.3, -0.25) is 4.79 Å². The van der Waals surface area contributed by atoms with Crippen LogP contribution in [0, 0.1) is 19.8 Å². The monoisotopic (exact) mass is 470 g/mol. The average molecular weight is 471 g/mol. The Morgan fingerprint density at radius 3 is 2.15 bits per heavy atom. The van der Waals surface area contributed by atoms with E-state index in [1.807, 2.05) is 32.0 Å². The van der Waals surface area contributed by atoms with Gasteiger partial charge in [-0.1, -0.05) is 17.7 Å². The fraction of sp³-hybridized carbons (Fsp3) is 0.480. The number of hydrogen-bond donors (Lipinski definition) is 1. The smallest absolute Gasteiger partial charge is 0.243 e. The molecule has 2 aliphatic heterocycles. The quantitative estimate of drug-likeness (QED) is 0.727. The Hall–Kier alpha value is -2.42. The van der Waals surface area contributed by atoms with E-state index in [0.29, 0.717) is 30.8 Å². The van der Waals surface area contributed by atoms with Gasteiger partial charge in [-0.25, -0.2) is 8.42 Å². The molecule has 2 aliphatic rings. The van der Waals surface area contributed by atoms with Gasteiger partial charge in [0, 0.05) is 56.6 Å². The lowest BCUT2D eigenvalue weighted by Gasteiger charge is -2.34. The predicted octanol–water partition coefficient (Wildman–Crippen LogP) is 3.09. The van der Waals surface area contributed by atoms with Crippen LogP contribution in [0.4, 0.5) is 11.4 Å². The topological polar surface area (TPSA) is 73.0 Å². The molecular weight excluding hydrogens is 436 g/mol. The number of carbonyl (C=O) groups excluding carboxylic acids is 1. The van der Waals surface area contributed by atoms with Crippen molar-refractivity contribution in [3.63, 3.8) is 0 Å². The van der Waals surface area contributed by atoms with Crippen molar-refractivity contribution >= 4 is 27.3 Å². The summed E-state index contributed by atoms with van der Waals surface area (Å²) in [5, 5.41) is 3.07. The van der Waals surface area contributed by atoms with E-state index in [0.717, 1.165) is 43.0 Å². The van der Waals surface area contributed by atoms with Gasteiger partial charge >= 0.3 is 0 Å². The van der Waals surface area contributed by atoms with Crippen molar-refractivity contribution in [2.45, 2.75) is 31.6 Å². The van der Waals surface area contributed by atoms with Gasteiger partial charge in [-0.05, 0) is 69.6 Å². The molecule has 0 atom stereocenters. The normalized spacial score (nSPS) is 18.9. The van der Waals surface area contributed by atoms with Crippen LogP contribution in [0.2, 0.25) is 0 Å². The van der Waals surface area contributed by atoms with E-state index >= 15 is 0 Å². The lowest BCUT2D eigenvalue weighted by molar-refractivity contribution is -0.120. The number of carbonyl (C=O) groups is 1. The zero-order valence-electron chi connectivity index (χ0n) is 19.8. The number of nitrogens with one attached hydrogen (secondary N) is 1. The molecule has 0 aromatic heterocycles. The molecule has 7 nitrogen and oxygen atoms in total. The maximum absolute atomic E-state index is 12.9. The summed E-state index contributed by atoms with van der Waals surface area (Å²) < 4.78 is 27.3. The van der Waals surface area contributed by atoms with Crippen LogP contribution < -0.4 is 10.2 Å². The molecule has 178 valence electrons. The maximum Gasteiger partial charge on any atom is 0.243 e. The Morgan fingerprint density at radius 1 is 0.909 bits per heavy atom. The number of likely N-dealkylation sites (N-methyl/N-ethyl adjacent to an activating group) is 1. The fourth-order valence-electron chi connectivity index (χ4n) is 4.50. The highest BCUT2D eigenvalue weighted by Crippen LogP contribution is 2.27. The van der Waals surface area contributed by atoms with Gasteiger partial charge in [-0.15, -0.1) is 0 Å². The SMILES string of the molecule is Cc1ccc(S(=O)(=O)N2CCC(C(=O)Nc3ccc(N4CCN(C)CC4)cc3C)CC2)cc1. The standard InChI is InChI=1S/C25H34N4O3S/c1-19-4-7-23(8-5-19)33(31,32)29-12-10-21(11-13-29)25(30)26-24-9-6-22(18-20(24)2)28-16-14-27(3)15-17-28/h4-9,18,21H,10-17H2,1-3H3,(H,26,30). The van der Waals surface area contributed by atoms with E-state index in [9.17, 15) is 13.2 Å². The zero-order chi connectivity index (χ0) is 23.6. The molecule has 4 rings (SSSR count). The minimum atomic E-state index is -3.52. The van der Waals surface area contributed by atoms with Gasteiger partial charge in [0.05, 0.1) is 4.90 Å². The number of piperazine rings is 1. The highest BCUT2D eigenvalue weighted by Gasteiger charge is 2.32. The number of rotatable bonds is 5. The van der Waals surface area contributed by atoms with Crippen LogP contribution in [-0.4, -0.2) is 69.8 Å². The first kappa shape index (κ1) is 23.7. The largest absolute Gasteiger partial charge is 0.369 e. The molecule has 2 aromatic carbocycles. The Kier molecular flexibility index (Phi) is 7.07. The van der Waals surface area contributed by atoms with Crippen molar-refractivity contribution in [3.8, 4) is 0 Å². The van der Waals surface area contributed by atoms with Crippen LogP contribution in [-0.2, 0) is 14.8 Å². The van der Waals surface area contributed by atoms with E-state index < -0.39 is 10.0 Å². The summed E-state index contributed by atoms with van der Waals surface area (Å²) in [7, 11) is -1.38. The van der Waals surface area contributed by atoms with Crippen molar-refractivity contribution in [1.29, 1.82) is 0 Å². The van der Waals surface area contributed by atoms with E-state index in [4.69, 9.17) is 0 Å². The number of benzene rings is 2. The highest BCUT2D eigenvalue weighted by atomic mass is 32.2. The van der Waals surface area contributed by atoms with E-state index in [1.165, 1.54) is 9.99 Å². The van der Waals surface area contributed by atoms with Crippen molar-refractivity contribution in [3.05, 3.63) is 53.6 Å². The number of anilines is 2. The number of sulfonamides is 1. The predicted molar refractivity (Wildman–Crippen MR) is 132 cm³/mol. The molecule has 1 N–H and O–H groups in total. The zero-order valence-corrected chi connectivity index (χ0v) is 20.6. The average Bonchev–Trinajstić information content (AvgIpc) is 2.81. The highest BCUT2D eigenvalue weighted by molar-refractivity contribution is 7.89. The molecule has 0 aliphatic carbocycles. The Labute approximate surface area is 197 Å². The first-order valence-electron chi connectivity index (χ1n) is 11.7. The summed E-state index contributed by atoms with van der Waals surface area (Å²) in [5.74, 6) is -0.219. The summed E-state index contributed by atoms with van der Waals surface area (Å²) in [6, 6.07) is 13.1. The number of aryl methyl sites for hydroxylation is 2. The summed E-state index contributed by atoms with van der Waals surface area (Å²) in [4.78, 5) is 17.9. The number of nitrogens with zero attached hydrogens (tertiary/aromatic N) is 3. The van der Waals surface area contributed by atoms with Gasteiger partial charge < -0.3 is 15.1 Å².